The molecule has 1 atom stereocenters. The SMILES string of the molecule is CNC(C)c1sc(N(C)Cc2ccoc2C)nc1C. The van der Waals surface area contributed by atoms with Crippen molar-refractivity contribution in [3.63, 3.8) is 0 Å². The van der Waals surface area contributed by atoms with Crippen molar-refractivity contribution >= 4 is 16.5 Å². The number of hydrogen-bond acceptors (Lipinski definition) is 5. The van der Waals surface area contributed by atoms with Crippen LogP contribution in [0.15, 0.2) is 16.7 Å². The molecule has 2 aromatic rings. The van der Waals surface area contributed by atoms with Gasteiger partial charge in [-0.05, 0) is 33.9 Å². The Balaban J connectivity index is 2.16. The summed E-state index contributed by atoms with van der Waals surface area (Å²) in [7, 11) is 4.04. The van der Waals surface area contributed by atoms with Crippen molar-refractivity contribution in [1.29, 1.82) is 0 Å². The molecule has 0 radical (unpaired) electrons. The highest BCUT2D eigenvalue weighted by Crippen LogP contribution is 2.30. The van der Waals surface area contributed by atoms with Crippen molar-refractivity contribution in [1.82, 2.24) is 10.3 Å². The van der Waals surface area contributed by atoms with Gasteiger partial charge in [0.15, 0.2) is 5.13 Å². The van der Waals surface area contributed by atoms with Gasteiger partial charge >= 0.3 is 0 Å². The van der Waals surface area contributed by atoms with Crippen LogP contribution >= 0.6 is 11.3 Å². The van der Waals surface area contributed by atoms with Crippen LogP contribution in [0, 0.1) is 13.8 Å². The van der Waals surface area contributed by atoms with E-state index in [4.69, 9.17) is 4.42 Å². The fraction of sp³-hybridized carbons (Fsp3) is 0.500. The van der Waals surface area contributed by atoms with Crippen molar-refractivity contribution in [2.24, 2.45) is 0 Å². The van der Waals surface area contributed by atoms with Gasteiger partial charge in [0, 0.05) is 30.1 Å². The number of anilines is 1. The summed E-state index contributed by atoms with van der Waals surface area (Å²) in [6.45, 7) is 7.04. The highest BCUT2D eigenvalue weighted by molar-refractivity contribution is 7.15. The number of rotatable bonds is 5. The van der Waals surface area contributed by atoms with Crippen LogP contribution in [0.3, 0.4) is 0 Å². The molecule has 0 aliphatic carbocycles. The molecule has 0 spiro atoms. The first kappa shape index (κ1) is 14.1. The van der Waals surface area contributed by atoms with Gasteiger partial charge in [0.1, 0.15) is 5.76 Å². The lowest BCUT2D eigenvalue weighted by Crippen LogP contribution is -2.16. The molecule has 2 rings (SSSR count). The third-order valence-corrected chi connectivity index (χ3v) is 4.80. The third kappa shape index (κ3) is 2.98. The van der Waals surface area contributed by atoms with Gasteiger partial charge in [0.25, 0.3) is 0 Å². The summed E-state index contributed by atoms with van der Waals surface area (Å²) in [5.41, 5.74) is 2.32. The number of nitrogens with one attached hydrogen (secondary N) is 1. The Morgan fingerprint density at radius 1 is 1.47 bits per heavy atom. The minimum atomic E-state index is 0.343. The Morgan fingerprint density at radius 3 is 2.79 bits per heavy atom. The van der Waals surface area contributed by atoms with E-state index < -0.39 is 0 Å². The Hall–Kier alpha value is -1.33. The van der Waals surface area contributed by atoms with Crippen molar-refractivity contribution < 1.29 is 4.42 Å². The Morgan fingerprint density at radius 2 is 2.21 bits per heavy atom. The zero-order valence-electron chi connectivity index (χ0n) is 12.2. The van der Waals surface area contributed by atoms with Crippen LogP contribution < -0.4 is 10.2 Å². The number of aromatic nitrogens is 1. The molecule has 0 amide bonds. The van der Waals surface area contributed by atoms with E-state index in [1.807, 2.05) is 20.0 Å². The standard InChI is InChI=1S/C14H21N3OS/c1-9(15-4)13-10(2)16-14(19-13)17(5)8-12-6-7-18-11(12)3/h6-7,9,15H,8H2,1-5H3. The summed E-state index contributed by atoms with van der Waals surface area (Å²) < 4.78 is 5.33. The maximum atomic E-state index is 5.33. The summed E-state index contributed by atoms with van der Waals surface area (Å²) in [5.74, 6) is 0.976. The number of nitrogens with zero attached hydrogens (tertiary/aromatic N) is 2. The summed E-state index contributed by atoms with van der Waals surface area (Å²) in [4.78, 5) is 8.13. The summed E-state index contributed by atoms with van der Waals surface area (Å²) >= 11 is 1.75. The molecule has 1 unspecified atom stereocenters. The number of furan rings is 1. The Kier molecular flexibility index (Phi) is 4.27. The topological polar surface area (TPSA) is 41.3 Å². The minimum absolute atomic E-state index is 0.343. The average molecular weight is 279 g/mol. The third-order valence-electron chi connectivity index (χ3n) is 3.35. The lowest BCUT2D eigenvalue weighted by molar-refractivity contribution is 0.529. The normalized spacial score (nSPS) is 12.7. The lowest BCUT2D eigenvalue weighted by atomic mass is 10.2. The maximum Gasteiger partial charge on any atom is 0.185 e. The fourth-order valence-corrected chi connectivity index (χ4v) is 3.08. The number of thiazole rings is 1. The van der Waals surface area contributed by atoms with Gasteiger partial charge in [-0.3, -0.25) is 0 Å². The smallest absolute Gasteiger partial charge is 0.185 e. The van der Waals surface area contributed by atoms with Gasteiger partial charge < -0.3 is 14.6 Å². The van der Waals surface area contributed by atoms with E-state index in [0.29, 0.717) is 6.04 Å². The van der Waals surface area contributed by atoms with Crippen LogP contribution in [-0.2, 0) is 6.54 Å². The molecule has 0 saturated carbocycles. The maximum absolute atomic E-state index is 5.33. The van der Waals surface area contributed by atoms with Gasteiger partial charge in [-0.1, -0.05) is 0 Å². The first-order chi connectivity index (χ1) is 9.02. The molecule has 2 heterocycles. The quantitative estimate of drug-likeness (QED) is 0.912. The van der Waals surface area contributed by atoms with Gasteiger partial charge in [0.2, 0.25) is 0 Å². The fourth-order valence-electron chi connectivity index (χ4n) is 1.99. The first-order valence-electron chi connectivity index (χ1n) is 6.41. The molecular formula is C14H21N3OS. The van der Waals surface area contributed by atoms with E-state index in [0.717, 1.165) is 23.1 Å². The highest BCUT2D eigenvalue weighted by Gasteiger charge is 2.16. The van der Waals surface area contributed by atoms with Crippen LogP contribution in [0.1, 0.15) is 34.9 Å². The molecule has 0 aliphatic heterocycles. The van der Waals surface area contributed by atoms with Gasteiger partial charge in [0.05, 0.1) is 12.0 Å². The van der Waals surface area contributed by atoms with E-state index in [1.165, 1.54) is 10.4 Å². The largest absolute Gasteiger partial charge is 0.469 e. The van der Waals surface area contributed by atoms with Crippen LogP contribution in [-0.4, -0.2) is 19.1 Å². The first-order valence-corrected chi connectivity index (χ1v) is 7.23. The lowest BCUT2D eigenvalue weighted by Gasteiger charge is -2.15. The van der Waals surface area contributed by atoms with Crippen molar-refractivity contribution in [2.75, 3.05) is 19.0 Å². The van der Waals surface area contributed by atoms with Crippen molar-refractivity contribution in [3.8, 4) is 0 Å². The summed E-state index contributed by atoms with van der Waals surface area (Å²) in [6, 6.07) is 2.36. The predicted octanol–water partition coefficient (Wildman–Crippen LogP) is 3.27. The minimum Gasteiger partial charge on any atom is -0.469 e. The van der Waals surface area contributed by atoms with Crippen molar-refractivity contribution in [2.45, 2.75) is 33.4 Å². The number of aryl methyl sites for hydroxylation is 2. The molecule has 104 valence electrons. The molecule has 0 aliphatic rings. The molecule has 0 aromatic carbocycles. The molecule has 4 nitrogen and oxygen atoms in total. The molecule has 1 N–H and O–H groups in total. The summed E-state index contributed by atoms with van der Waals surface area (Å²) in [6.07, 6.45) is 1.74. The highest BCUT2D eigenvalue weighted by atomic mass is 32.1. The second kappa shape index (κ2) is 5.75. The van der Waals surface area contributed by atoms with Crippen LogP contribution in [0.2, 0.25) is 0 Å². The molecule has 0 fully saturated rings. The second-order valence-electron chi connectivity index (χ2n) is 4.81. The Bertz CT molecular complexity index is 547. The summed E-state index contributed by atoms with van der Waals surface area (Å²) in [5, 5.41) is 4.32. The van der Waals surface area contributed by atoms with Crippen LogP contribution in [0.25, 0.3) is 0 Å². The molecule has 2 aromatic heterocycles. The second-order valence-corrected chi connectivity index (χ2v) is 5.82. The predicted molar refractivity (Wildman–Crippen MR) is 79.9 cm³/mol. The average Bonchev–Trinajstić information content (AvgIpc) is 2.95. The van der Waals surface area contributed by atoms with Gasteiger partial charge in [-0.15, -0.1) is 11.3 Å². The van der Waals surface area contributed by atoms with E-state index >= 15 is 0 Å². The van der Waals surface area contributed by atoms with Crippen LogP contribution in [0.5, 0.6) is 0 Å². The zero-order chi connectivity index (χ0) is 14.0. The number of hydrogen-bond donors (Lipinski definition) is 1. The molecule has 5 heteroatoms. The van der Waals surface area contributed by atoms with Gasteiger partial charge in [-0.2, -0.15) is 0 Å². The van der Waals surface area contributed by atoms with Crippen LogP contribution in [0.4, 0.5) is 5.13 Å². The van der Waals surface area contributed by atoms with Gasteiger partial charge in [-0.25, -0.2) is 4.98 Å². The molecular weight excluding hydrogens is 258 g/mol. The van der Waals surface area contributed by atoms with E-state index in [1.54, 1.807) is 17.6 Å². The molecule has 0 saturated heterocycles. The van der Waals surface area contributed by atoms with E-state index in [-0.39, 0.29) is 0 Å². The molecule has 0 bridgehead atoms. The van der Waals surface area contributed by atoms with Crippen molar-refractivity contribution in [3.05, 3.63) is 34.2 Å². The van der Waals surface area contributed by atoms with E-state index in [2.05, 4.69) is 36.1 Å². The Labute approximate surface area is 118 Å². The van der Waals surface area contributed by atoms with E-state index in [9.17, 15) is 0 Å². The zero-order valence-corrected chi connectivity index (χ0v) is 13.0. The monoisotopic (exact) mass is 279 g/mol. The molecule has 19 heavy (non-hydrogen) atoms.